The Kier molecular flexibility index (Phi) is 2.87. The molecule has 0 atom stereocenters. The molecule has 0 amide bonds. The smallest absolute Gasteiger partial charge is 0.307 e. The third kappa shape index (κ3) is 1.94. The van der Waals surface area contributed by atoms with Gasteiger partial charge in [0.15, 0.2) is 0 Å². The van der Waals surface area contributed by atoms with E-state index in [1.54, 1.807) is 11.7 Å². The zero-order chi connectivity index (χ0) is 13.4. The fraction of sp³-hybridized carbons (Fsp3) is 0.133. The Bertz CT molecular complexity index is 784. The van der Waals surface area contributed by atoms with Crippen molar-refractivity contribution in [3.05, 3.63) is 52.1 Å². The molecule has 0 saturated carbocycles. The maximum atomic E-state index is 11.8. The number of ether oxygens (including phenoxy) is 1. The molecule has 0 aliphatic carbocycles. The predicted molar refractivity (Wildman–Crippen MR) is 79.1 cm³/mol. The summed E-state index contributed by atoms with van der Waals surface area (Å²) in [5.74, 6) is 0.829. The van der Waals surface area contributed by atoms with Crippen molar-refractivity contribution in [3.8, 4) is 16.9 Å². The minimum absolute atomic E-state index is 0.0657. The lowest BCUT2D eigenvalue weighted by atomic mass is 10.0. The summed E-state index contributed by atoms with van der Waals surface area (Å²) in [6.45, 7) is 0. The van der Waals surface area contributed by atoms with Crippen molar-refractivity contribution in [2.45, 2.75) is 0 Å². The molecule has 96 valence electrons. The molecular weight excluding hydrogens is 258 g/mol. The first-order valence-corrected chi connectivity index (χ1v) is 6.75. The number of aromatic nitrogens is 1. The summed E-state index contributed by atoms with van der Waals surface area (Å²) >= 11 is 1.28. The summed E-state index contributed by atoms with van der Waals surface area (Å²) in [7, 11) is 3.46. The normalized spacial score (nSPS) is 10.8. The maximum absolute atomic E-state index is 11.8. The fourth-order valence-corrected chi connectivity index (χ4v) is 3.11. The number of rotatable bonds is 2. The molecule has 1 aromatic heterocycles. The van der Waals surface area contributed by atoms with Gasteiger partial charge in [-0.1, -0.05) is 35.6 Å². The van der Waals surface area contributed by atoms with Crippen LogP contribution < -0.4 is 9.61 Å². The molecule has 0 aliphatic rings. The van der Waals surface area contributed by atoms with Crippen molar-refractivity contribution in [2.75, 3.05) is 7.11 Å². The van der Waals surface area contributed by atoms with Crippen LogP contribution in [0.5, 0.6) is 5.75 Å². The topological polar surface area (TPSA) is 31.2 Å². The lowest BCUT2D eigenvalue weighted by molar-refractivity contribution is 0.415. The number of methoxy groups -OCH3 is 1. The molecule has 3 rings (SSSR count). The molecule has 0 unspecified atom stereocenters. The zero-order valence-electron chi connectivity index (χ0n) is 10.7. The van der Waals surface area contributed by atoms with Crippen LogP contribution in [0.3, 0.4) is 0 Å². The average Bonchev–Trinajstić information content (AvgIpc) is 2.74. The average molecular weight is 271 g/mol. The van der Waals surface area contributed by atoms with Gasteiger partial charge in [0.25, 0.3) is 0 Å². The van der Waals surface area contributed by atoms with E-state index in [0.717, 1.165) is 27.1 Å². The monoisotopic (exact) mass is 271 g/mol. The Morgan fingerprint density at radius 2 is 1.84 bits per heavy atom. The van der Waals surface area contributed by atoms with Crippen molar-refractivity contribution < 1.29 is 4.74 Å². The number of fused-ring (bicyclic) bond motifs is 1. The van der Waals surface area contributed by atoms with Crippen LogP contribution in [0.2, 0.25) is 0 Å². The molecule has 0 N–H and O–H groups in total. The van der Waals surface area contributed by atoms with Gasteiger partial charge in [0, 0.05) is 12.6 Å². The van der Waals surface area contributed by atoms with Gasteiger partial charge in [0.05, 0.1) is 17.3 Å². The molecule has 0 aliphatic heterocycles. The van der Waals surface area contributed by atoms with Crippen LogP contribution >= 0.6 is 11.3 Å². The minimum atomic E-state index is 0.0657. The van der Waals surface area contributed by atoms with Crippen LogP contribution in [0.1, 0.15) is 0 Å². The standard InChI is InChI=1S/C15H13NO2S/c1-16-14-12(4-3-5-13(14)19-15(16)17)10-6-8-11(18-2)9-7-10/h3-9H,1-2H3. The van der Waals surface area contributed by atoms with Gasteiger partial charge >= 0.3 is 4.87 Å². The van der Waals surface area contributed by atoms with E-state index >= 15 is 0 Å². The van der Waals surface area contributed by atoms with Gasteiger partial charge in [-0.2, -0.15) is 0 Å². The summed E-state index contributed by atoms with van der Waals surface area (Å²) in [5, 5.41) is 0. The Labute approximate surface area is 114 Å². The van der Waals surface area contributed by atoms with E-state index in [1.807, 2.05) is 49.5 Å². The summed E-state index contributed by atoms with van der Waals surface area (Å²) < 4.78 is 7.89. The summed E-state index contributed by atoms with van der Waals surface area (Å²) in [4.78, 5) is 11.8. The molecular formula is C15H13NO2S. The fourth-order valence-electron chi connectivity index (χ4n) is 2.21. The van der Waals surface area contributed by atoms with Gasteiger partial charge in [0.2, 0.25) is 0 Å². The molecule has 0 bridgehead atoms. The largest absolute Gasteiger partial charge is 0.497 e. The van der Waals surface area contributed by atoms with E-state index in [9.17, 15) is 4.79 Å². The van der Waals surface area contributed by atoms with E-state index in [0.29, 0.717) is 0 Å². The van der Waals surface area contributed by atoms with Crippen LogP contribution in [0.15, 0.2) is 47.3 Å². The second-order valence-corrected chi connectivity index (χ2v) is 5.30. The number of aryl methyl sites for hydroxylation is 1. The molecule has 0 saturated heterocycles. The summed E-state index contributed by atoms with van der Waals surface area (Å²) in [6, 6.07) is 13.9. The van der Waals surface area contributed by atoms with Gasteiger partial charge in [-0.3, -0.25) is 4.79 Å². The van der Waals surface area contributed by atoms with E-state index in [1.165, 1.54) is 11.3 Å². The van der Waals surface area contributed by atoms with E-state index in [4.69, 9.17) is 4.74 Å². The minimum Gasteiger partial charge on any atom is -0.497 e. The molecule has 2 aromatic carbocycles. The molecule has 0 spiro atoms. The van der Waals surface area contributed by atoms with Crippen LogP contribution in [-0.2, 0) is 7.05 Å². The van der Waals surface area contributed by atoms with Gasteiger partial charge in [-0.15, -0.1) is 0 Å². The highest BCUT2D eigenvalue weighted by molar-refractivity contribution is 7.16. The zero-order valence-corrected chi connectivity index (χ0v) is 11.5. The number of hydrogen-bond acceptors (Lipinski definition) is 3. The summed E-state index contributed by atoms with van der Waals surface area (Å²) in [6.07, 6.45) is 0. The number of thiazole rings is 1. The molecule has 19 heavy (non-hydrogen) atoms. The maximum Gasteiger partial charge on any atom is 0.307 e. The van der Waals surface area contributed by atoms with Crippen LogP contribution in [-0.4, -0.2) is 11.7 Å². The lowest BCUT2D eigenvalue weighted by Gasteiger charge is -2.06. The molecule has 1 heterocycles. The third-order valence-corrected chi connectivity index (χ3v) is 4.20. The number of hydrogen-bond donors (Lipinski definition) is 0. The van der Waals surface area contributed by atoms with E-state index < -0.39 is 0 Å². The molecule has 3 aromatic rings. The first kappa shape index (κ1) is 12.0. The second kappa shape index (κ2) is 4.55. The first-order chi connectivity index (χ1) is 9.20. The third-order valence-electron chi connectivity index (χ3n) is 3.21. The van der Waals surface area contributed by atoms with Gasteiger partial charge in [-0.25, -0.2) is 0 Å². The van der Waals surface area contributed by atoms with Gasteiger partial charge in [0.1, 0.15) is 5.75 Å². The highest BCUT2D eigenvalue weighted by Gasteiger charge is 2.10. The SMILES string of the molecule is COc1ccc(-c2cccc3sc(=O)n(C)c23)cc1. The van der Waals surface area contributed by atoms with Crippen LogP contribution in [0.25, 0.3) is 21.3 Å². The van der Waals surface area contributed by atoms with Crippen molar-refractivity contribution >= 4 is 21.6 Å². The van der Waals surface area contributed by atoms with E-state index in [2.05, 4.69) is 0 Å². The molecule has 4 heteroatoms. The lowest BCUT2D eigenvalue weighted by Crippen LogP contribution is -2.07. The van der Waals surface area contributed by atoms with Crippen LogP contribution in [0, 0.1) is 0 Å². The number of benzene rings is 2. The second-order valence-electron chi connectivity index (χ2n) is 4.31. The van der Waals surface area contributed by atoms with Crippen molar-refractivity contribution in [3.63, 3.8) is 0 Å². The Balaban J connectivity index is 2.26. The van der Waals surface area contributed by atoms with Crippen LogP contribution in [0.4, 0.5) is 0 Å². The Morgan fingerprint density at radius 3 is 2.53 bits per heavy atom. The van der Waals surface area contributed by atoms with Crippen molar-refractivity contribution in [2.24, 2.45) is 7.05 Å². The highest BCUT2D eigenvalue weighted by Crippen LogP contribution is 2.30. The van der Waals surface area contributed by atoms with E-state index in [-0.39, 0.29) is 4.87 Å². The van der Waals surface area contributed by atoms with Crippen molar-refractivity contribution in [1.82, 2.24) is 4.57 Å². The first-order valence-electron chi connectivity index (χ1n) is 5.93. The number of nitrogens with zero attached hydrogens (tertiary/aromatic N) is 1. The highest BCUT2D eigenvalue weighted by atomic mass is 32.1. The predicted octanol–water partition coefficient (Wildman–Crippen LogP) is 3.28. The summed E-state index contributed by atoms with van der Waals surface area (Å²) in [5.41, 5.74) is 3.14. The molecule has 3 nitrogen and oxygen atoms in total. The Hall–Kier alpha value is -2.07. The van der Waals surface area contributed by atoms with Gasteiger partial charge < -0.3 is 9.30 Å². The number of para-hydroxylation sites is 1. The molecule has 0 fully saturated rings. The quantitative estimate of drug-likeness (QED) is 0.716. The van der Waals surface area contributed by atoms with Gasteiger partial charge in [-0.05, 0) is 23.8 Å². The van der Waals surface area contributed by atoms with Crippen molar-refractivity contribution in [1.29, 1.82) is 0 Å². The molecule has 0 radical (unpaired) electrons. The Morgan fingerprint density at radius 1 is 1.11 bits per heavy atom.